The first-order valence-electron chi connectivity index (χ1n) is 4.27. The first kappa shape index (κ1) is 11.3. The van der Waals surface area contributed by atoms with Crippen LogP contribution in [0.5, 0.6) is 0 Å². The van der Waals surface area contributed by atoms with Crippen molar-refractivity contribution < 1.29 is 14.4 Å². The Kier molecular flexibility index (Phi) is 3.87. The summed E-state index contributed by atoms with van der Waals surface area (Å²) in [5.74, 6) is -0.499. The van der Waals surface area contributed by atoms with Crippen molar-refractivity contribution in [3.05, 3.63) is 23.9 Å². The Balaban J connectivity index is 2.74. The number of hydrogen-bond donors (Lipinski definition) is 1. The lowest BCUT2D eigenvalue weighted by Crippen LogP contribution is -2.34. The second-order valence-electron chi connectivity index (χ2n) is 2.77. The van der Waals surface area contributed by atoms with E-state index in [4.69, 9.17) is 15.3 Å². The summed E-state index contributed by atoms with van der Waals surface area (Å²) in [7, 11) is 3.01. The van der Waals surface area contributed by atoms with Crippen LogP contribution in [0.3, 0.4) is 0 Å². The van der Waals surface area contributed by atoms with Gasteiger partial charge in [-0.1, -0.05) is 6.08 Å². The third-order valence-electron chi connectivity index (χ3n) is 1.74. The first-order chi connectivity index (χ1) is 7.17. The lowest BCUT2D eigenvalue weighted by molar-refractivity contribution is -0.113. The molecule has 1 heterocycles. The number of aliphatic imine (C=N–C) groups is 1. The summed E-state index contributed by atoms with van der Waals surface area (Å²) in [6.07, 6.45) is 4.45. The molecule has 0 fully saturated rings. The minimum atomic E-state index is -0.499. The Hall–Kier alpha value is -1.82. The van der Waals surface area contributed by atoms with Crippen molar-refractivity contribution in [1.82, 2.24) is 5.06 Å². The van der Waals surface area contributed by atoms with Gasteiger partial charge in [0.25, 0.3) is 0 Å². The average Bonchev–Trinajstić information content (AvgIpc) is 2.25. The van der Waals surface area contributed by atoms with Crippen molar-refractivity contribution in [1.29, 1.82) is 0 Å². The van der Waals surface area contributed by atoms with Gasteiger partial charge < -0.3 is 10.5 Å². The maximum absolute atomic E-state index is 10.5. The molecule has 0 unspecified atom stereocenters. The summed E-state index contributed by atoms with van der Waals surface area (Å²) in [4.78, 5) is 19.5. The number of primary amides is 1. The lowest BCUT2D eigenvalue weighted by Gasteiger charge is -2.24. The van der Waals surface area contributed by atoms with Crippen molar-refractivity contribution in [3.8, 4) is 0 Å². The largest absolute Gasteiger partial charge is 0.467 e. The summed E-state index contributed by atoms with van der Waals surface area (Å²) in [5, 5.41) is 1.46. The molecule has 15 heavy (non-hydrogen) atoms. The Morgan fingerprint density at radius 1 is 1.67 bits per heavy atom. The van der Waals surface area contributed by atoms with Crippen LogP contribution in [-0.2, 0) is 14.4 Å². The quantitative estimate of drug-likeness (QED) is 0.655. The third-order valence-corrected chi connectivity index (χ3v) is 1.74. The van der Waals surface area contributed by atoms with Gasteiger partial charge in [-0.25, -0.2) is 10.1 Å². The molecule has 0 atom stereocenters. The monoisotopic (exact) mass is 211 g/mol. The van der Waals surface area contributed by atoms with E-state index < -0.39 is 5.91 Å². The van der Waals surface area contributed by atoms with E-state index >= 15 is 0 Å². The molecular formula is C9H13N3O3. The van der Waals surface area contributed by atoms with Crippen molar-refractivity contribution in [2.75, 3.05) is 20.8 Å². The molecule has 1 aliphatic heterocycles. The van der Waals surface area contributed by atoms with Gasteiger partial charge >= 0.3 is 6.02 Å². The predicted molar refractivity (Wildman–Crippen MR) is 54.6 cm³/mol. The number of amides is 1. The third kappa shape index (κ3) is 3.10. The summed E-state index contributed by atoms with van der Waals surface area (Å²) >= 11 is 0. The number of nitrogens with zero attached hydrogens (tertiary/aromatic N) is 2. The van der Waals surface area contributed by atoms with Crippen LogP contribution >= 0.6 is 0 Å². The topological polar surface area (TPSA) is 77.2 Å². The molecular weight excluding hydrogens is 198 g/mol. The van der Waals surface area contributed by atoms with Crippen LogP contribution in [0, 0.1) is 0 Å². The van der Waals surface area contributed by atoms with Crippen molar-refractivity contribution in [3.63, 3.8) is 0 Å². The number of hydroxylamine groups is 2. The van der Waals surface area contributed by atoms with Gasteiger partial charge in [-0.3, -0.25) is 9.63 Å². The zero-order valence-corrected chi connectivity index (χ0v) is 8.64. The highest BCUT2D eigenvalue weighted by Crippen LogP contribution is 2.09. The van der Waals surface area contributed by atoms with Crippen LogP contribution in [0.4, 0.5) is 0 Å². The van der Waals surface area contributed by atoms with E-state index in [0.717, 1.165) is 5.57 Å². The second kappa shape index (κ2) is 5.16. The van der Waals surface area contributed by atoms with Gasteiger partial charge in [-0.2, -0.15) is 0 Å². The molecule has 0 aromatic heterocycles. The van der Waals surface area contributed by atoms with E-state index in [9.17, 15) is 4.79 Å². The molecule has 1 rings (SSSR count). The molecule has 1 amide bonds. The molecule has 0 aliphatic carbocycles. The highest BCUT2D eigenvalue weighted by Gasteiger charge is 2.16. The van der Waals surface area contributed by atoms with Crippen molar-refractivity contribution >= 4 is 11.9 Å². The fraction of sp³-hybridized carbons (Fsp3) is 0.333. The van der Waals surface area contributed by atoms with E-state index in [1.807, 2.05) is 0 Å². The van der Waals surface area contributed by atoms with E-state index in [1.165, 1.54) is 25.4 Å². The number of methoxy groups -OCH3 is 1. The van der Waals surface area contributed by atoms with E-state index in [2.05, 4.69) is 4.99 Å². The smallest absolute Gasteiger partial charge is 0.316 e. The number of carbonyl (C=O) groups is 1. The average molecular weight is 211 g/mol. The molecule has 0 saturated heterocycles. The van der Waals surface area contributed by atoms with Crippen LogP contribution in [0.1, 0.15) is 0 Å². The normalized spacial score (nSPS) is 16.3. The highest BCUT2D eigenvalue weighted by molar-refractivity contribution is 5.86. The molecule has 2 N–H and O–H groups in total. The fourth-order valence-electron chi connectivity index (χ4n) is 1.06. The van der Waals surface area contributed by atoms with Gasteiger partial charge in [0, 0.05) is 12.3 Å². The molecule has 82 valence electrons. The van der Waals surface area contributed by atoms with Crippen LogP contribution in [0.2, 0.25) is 0 Å². The maximum atomic E-state index is 10.5. The summed E-state index contributed by atoms with van der Waals surface area (Å²) < 4.78 is 4.96. The zero-order valence-electron chi connectivity index (χ0n) is 8.64. The van der Waals surface area contributed by atoms with E-state index in [1.54, 1.807) is 12.3 Å². The molecule has 6 nitrogen and oxygen atoms in total. The molecule has 6 heteroatoms. The summed E-state index contributed by atoms with van der Waals surface area (Å²) in [6, 6.07) is 0.369. The van der Waals surface area contributed by atoms with Crippen LogP contribution < -0.4 is 5.73 Å². The van der Waals surface area contributed by atoms with Crippen molar-refractivity contribution in [2.45, 2.75) is 0 Å². The number of rotatable bonds is 3. The van der Waals surface area contributed by atoms with Gasteiger partial charge in [-0.15, -0.1) is 0 Å². The SMILES string of the molecule is COC1=NC=C(C=CC(N)=O)CN1OC. The van der Waals surface area contributed by atoms with E-state index in [0.29, 0.717) is 12.6 Å². The summed E-state index contributed by atoms with van der Waals surface area (Å²) in [5.41, 5.74) is 5.77. The highest BCUT2D eigenvalue weighted by atomic mass is 16.7. The minimum Gasteiger partial charge on any atom is -0.467 e. The molecule has 0 spiro atoms. The first-order valence-corrected chi connectivity index (χ1v) is 4.27. The standard InChI is InChI=1S/C9H13N3O3/c1-14-9-11-5-7(3-4-8(10)13)6-12(9)15-2/h3-5H,6H2,1-2H3,(H2,10,13). The van der Waals surface area contributed by atoms with Gasteiger partial charge in [0.15, 0.2) is 0 Å². The summed E-state index contributed by atoms with van der Waals surface area (Å²) in [6.45, 7) is 0.451. The number of carbonyl (C=O) groups excluding carboxylic acids is 1. The van der Waals surface area contributed by atoms with Gasteiger partial charge in [0.1, 0.15) is 0 Å². The Morgan fingerprint density at radius 3 is 2.93 bits per heavy atom. The van der Waals surface area contributed by atoms with Crippen LogP contribution in [0.15, 0.2) is 28.9 Å². The van der Waals surface area contributed by atoms with Gasteiger partial charge in [-0.05, 0) is 5.57 Å². The Bertz CT molecular complexity index is 333. The Morgan fingerprint density at radius 2 is 2.40 bits per heavy atom. The van der Waals surface area contributed by atoms with Gasteiger partial charge in [0.05, 0.1) is 20.8 Å². The van der Waals surface area contributed by atoms with E-state index in [-0.39, 0.29) is 0 Å². The minimum absolute atomic E-state index is 0.369. The zero-order chi connectivity index (χ0) is 11.3. The Labute approximate surface area is 87.6 Å². The fourth-order valence-corrected chi connectivity index (χ4v) is 1.06. The molecule has 0 bridgehead atoms. The lowest BCUT2D eigenvalue weighted by atomic mass is 10.2. The molecule has 0 radical (unpaired) electrons. The second-order valence-corrected chi connectivity index (χ2v) is 2.77. The predicted octanol–water partition coefficient (Wildman–Crippen LogP) is -0.209. The molecule has 0 saturated carbocycles. The molecule has 1 aliphatic rings. The molecule has 0 aromatic rings. The number of amidine groups is 1. The van der Waals surface area contributed by atoms with Gasteiger partial charge in [0.2, 0.25) is 5.91 Å². The number of nitrogens with two attached hydrogens (primary N) is 1. The molecule has 0 aromatic carbocycles. The van der Waals surface area contributed by atoms with Crippen LogP contribution in [-0.4, -0.2) is 37.8 Å². The number of hydrogen-bond acceptors (Lipinski definition) is 5. The van der Waals surface area contributed by atoms with Crippen molar-refractivity contribution in [2.24, 2.45) is 10.7 Å². The van der Waals surface area contributed by atoms with Crippen LogP contribution in [0.25, 0.3) is 0 Å². The maximum Gasteiger partial charge on any atom is 0.316 e. The number of ether oxygens (including phenoxy) is 1.